The number of rotatable bonds is 6. The van der Waals surface area contributed by atoms with E-state index in [-0.39, 0.29) is 23.5 Å². The number of fused-ring (bicyclic) bond motifs is 1. The van der Waals surface area contributed by atoms with Crippen LogP contribution in [0.3, 0.4) is 0 Å². The van der Waals surface area contributed by atoms with Crippen LogP contribution >= 0.6 is 0 Å². The van der Waals surface area contributed by atoms with E-state index in [4.69, 9.17) is 0 Å². The lowest BCUT2D eigenvalue weighted by atomic mass is 10.1. The second kappa shape index (κ2) is 11.3. The Bertz CT molecular complexity index is 1350. The molecule has 1 aliphatic heterocycles. The summed E-state index contributed by atoms with van der Waals surface area (Å²) >= 11 is 0. The van der Waals surface area contributed by atoms with Crippen LogP contribution in [-0.2, 0) is 11.0 Å². The van der Waals surface area contributed by atoms with Crippen LogP contribution in [-0.4, -0.2) is 69.9 Å². The molecule has 1 fully saturated rings. The molecule has 0 aliphatic carbocycles. The Morgan fingerprint density at radius 3 is 2.74 bits per heavy atom. The van der Waals surface area contributed by atoms with Gasteiger partial charge in [-0.15, -0.1) is 0 Å². The molecule has 1 aliphatic rings. The zero-order valence-electron chi connectivity index (χ0n) is 21.6. The lowest BCUT2D eigenvalue weighted by molar-refractivity contribution is -0.137. The number of alkyl halides is 3. The maximum atomic E-state index is 13.2. The third-order valence-corrected chi connectivity index (χ3v) is 6.52. The number of hydrogen-bond donors (Lipinski definition) is 1. The van der Waals surface area contributed by atoms with E-state index in [0.29, 0.717) is 31.3 Å². The second-order valence-electron chi connectivity index (χ2n) is 9.76. The molecule has 3 aromatic rings. The van der Waals surface area contributed by atoms with Crippen molar-refractivity contribution in [2.75, 3.05) is 39.0 Å². The van der Waals surface area contributed by atoms with Crippen molar-refractivity contribution < 1.29 is 22.8 Å². The SMILES string of the molecule is Cc1cccc2nc(NC(=O)c3cncc(C(F)(F)F)c3)n([C@@H]3CCCCN(C(=O)/C=C/CN(C)C)C3)c12. The van der Waals surface area contributed by atoms with Gasteiger partial charge in [0.2, 0.25) is 11.9 Å². The second-order valence-corrected chi connectivity index (χ2v) is 9.76. The normalized spacial score (nSPS) is 16.8. The molecule has 11 heteroatoms. The van der Waals surface area contributed by atoms with Crippen LogP contribution in [0.2, 0.25) is 0 Å². The van der Waals surface area contributed by atoms with Gasteiger partial charge in [0.05, 0.1) is 28.2 Å². The molecular weight excluding hydrogens is 497 g/mol. The molecule has 2 amide bonds. The van der Waals surface area contributed by atoms with Crippen molar-refractivity contribution in [3.05, 3.63) is 65.5 Å². The highest BCUT2D eigenvalue weighted by molar-refractivity contribution is 6.04. The number of imidazole rings is 1. The van der Waals surface area contributed by atoms with Gasteiger partial charge in [-0.2, -0.15) is 13.2 Å². The first-order valence-corrected chi connectivity index (χ1v) is 12.5. The minimum atomic E-state index is -4.62. The average Bonchev–Trinajstić information content (AvgIpc) is 3.05. The van der Waals surface area contributed by atoms with Crippen molar-refractivity contribution in [3.8, 4) is 0 Å². The molecule has 0 unspecified atom stereocenters. The van der Waals surface area contributed by atoms with Gasteiger partial charge in [0.1, 0.15) is 0 Å². The Balaban J connectivity index is 1.68. The largest absolute Gasteiger partial charge is 0.417 e. The highest BCUT2D eigenvalue weighted by atomic mass is 19.4. The fourth-order valence-corrected chi connectivity index (χ4v) is 4.66. The number of hydrogen-bond acceptors (Lipinski definition) is 5. The third-order valence-electron chi connectivity index (χ3n) is 6.52. The van der Waals surface area contributed by atoms with Crippen molar-refractivity contribution in [2.45, 2.75) is 38.4 Å². The summed E-state index contributed by atoms with van der Waals surface area (Å²) in [6, 6.07) is 6.20. The van der Waals surface area contributed by atoms with Crippen molar-refractivity contribution in [2.24, 2.45) is 0 Å². The summed E-state index contributed by atoms with van der Waals surface area (Å²) in [6.07, 6.45) is 3.02. The number of pyridine rings is 1. The molecule has 8 nitrogen and oxygen atoms in total. The number of carbonyl (C=O) groups is 2. The van der Waals surface area contributed by atoms with Gasteiger partial charge in [-0.3, -0.25) is 19.9 Å². The Morgan fingerprint density at radius 1 is 1.21 bits per heavy atom. The Hall–Kier alpha value is -3.73. The predicted octanol–water partition coefficient (Wildman–Crippen LogP) is 4.68. The summed E-state index contributed by atoms with van der Waals surface area (Å²) in [7, 11) is 3.85. The summed E-state index contributed by atoms with van der Waals surface area (Å²) in [5, 5.41) is 2.71. The molecule has 4 rings (SSSR count). The van der Waals surface area contributed by atoms with E-state index in [2.05, 4.69) is 15.3 Å². The highest BCUT2D eigenvalue weighted by Gasteiger charge is 2.32. The molecule has 3 heterocycles. The van der Waals surface area contributed by atoms with Gasteiger partial charge >= 0.3 is 6.18 Å². The Labute approximate surface area is 219 Å². The predicted molar refractivity (Wildman–Crippen MR) is 139 cm³/mol. The first-order valence-electron chi connectivity index (χ1n) is 12.5. The van der Waals surface area contributed by atoms with Crippen LogP contribution in [0.15, 0.2) is 48.8 Å². The summed E-state index contributed by atoms with van der Waals surface area (Å²) in [5.74, 6) is -0.606. The summed E-state index contributed by atoms with van der Waals surface area (Å²) in [5.41, 5.74) is 1.17. The number of aryl methyl sites for hydroxylation is 1. The van der Waals surface area contributed by atoms with Crippen molar-refractivity contribution >= 4 is 28.8 Å². The van der Waals surface area contributed by atoms with Crippen LogP contribution in [0.5, 0.6) is 0 Å². The van der Waals surface area contributed by atoms with Crippen molar-refractivity contribution in [1.29, 1.82) is 0 Å². The maximum absolute atomic E-state index is 13.2. The zero-order valence-corrected chi connectivity index (χ0v) is 21.6. The number of halogens is 3. The minimum absolute atomic E-state index is 0.0829. The van der Waals surface area contributed by atoms with Gasteiger partial charge in [0, 0.05) is 38.1 Å². The monoisotopic (exact) mass is 528 g/mol. The van der Waals surface area contributed by atoms with Crippen molar-refractivity contribution in [3.63, 3.8) is 0 Å². The zero-order chi connectivity index (χ0) is 27.4. The number of amides is 2. The van der Waals surface area contributed by atoms with Crippen molar-refractivity contribution in [1.82, 2.24) is 24.3 Å². The van der Waals surface area contributed by atoms with E-state index in [1.807, 2.05) is 54.8 Å². The van der Waals surface area contributed by atoms with E-state index in [1.165, 1.54) is 0 Å². The topological polar surface area (TPSA) is 83.4 Å². The van der Waals surface area contributed by atoms with Crippen LogP contribution in [0.25, 0.3) is 11.0 Å². The van der Waals surface area contributed by atoms with Gasteiger partial charge < -0.3 is 14.4 Å². The van der Waals surface area contributed by atoms with Crippen LogP contribution in [0.4, 0.5) is 19.1 Å². The number of nitrogens with one attached hydrogen (secondary N) is 1. The molecule has 0 spiro atoms. The van der Waals surface area contributed by atoms with Crippen LogP contribution < -0.4 is 5.32 Å². The Kier molecular flexibility index (Phi) is 8.15. The van der Waals surface area contributed by atoms with E-state index >= 15 is 0 Å². The van der Waals surface area contributed by atoms with Gasteiger partial charge in [0.15, 0.2) is 0 Å². The van der Waals surface area contributed by atoms with Gasteiger partial charge in [-0.1, -0.05) is 18.2 Å². The molecule has 1 saturated heterocycles. The smallest absolute Gasteiger partial charge is 0.337 e. The van der Waals surface area contributed by atoms with Gasteiger partial charge in [0.25, 0.3) is 5.91 Å². The number of para-hydroxylation sites is 1. The average molecular weight is 529 g/mol. The van der Waals surface area contributed by atoms with E-state index in [9.17, 15) is 22.8 Å². The van der Waals surface area contributed by atoms with Gasteiger partial charge in [-0.05, 0) is 58.0 Å². The van der Waals surface area contributed by atoms with Crippen LogP contribution in [0.1, 0.15) is 46.8 Å². The van der Waals surface area contributed by atoms with Crippen LogP contribution in [0, 0.1) is 6.92 Å². The summed E-state index contributed by atoms with van der Waals surface area (Å²) in [6.45, 7) is 3.62. The lowest BCUT2D eigenvalue weighted by Gasteiger charge is -2.26. The fraction of sp³-hybridized carbons (Fsp3) is 0.407. The fourth-order valence-electron chi connectivity index (χ4n) is 4.66. The summed E-state index contributed by atoms with van der Waals surface area (Å²) in [4.78, 5) is 38.0. The number of likely N-dealkylation sites (N-methyl/N-ethyl adjacent to an activating group) is 1. The summed E-state index contributed by atoms with van der Waals surface area (Å²) < 4.78 is 41.5. The third kappa shape index (κ3) is 6.21. The first-order chi connectivity index (χ1) is 18.0. The molecule has 1 aromatic carbocycles. The number of likely N-dealkylation sites (tertiary alicyclic amines) is 1. The molecule has 1 atom stereocenters. The van der Waals surface area contributed by atoms with E-state index in [1.54, 1.807) is 11.0 Å². The molecule has 0 radical (unpaired) electrons. The number of carbonyl (C=O) groups excluding carboxylic acids is 2. The highest BCUT2D eigenvalue weighted by Crippen LogP contribution is 2.33. The molecule has 2 aromatic heterocycles. The van der Waals surface area contributed by atoms with E-state index in [0.717, 1.165) is 42.6 Å². The molecule has 0 bridgehead atoms. The molecule has 1 N–H and O–H groups in total. The lowest BCUT2D eigenvalue weighted by Crippen LogP contribution is -2.35. The quantitative estimate of drug-likeness (QED) is 0.470. The maximum Gasteiger partial charge on any atom is 0.417 e. The number of anilines is 1. The number of nitrogens with zero attached hydrogens (tertiary/aromatic N) is 5. The number of aromatic nitrogens is 3. The molecule has 38 heavy (non-hydrogen) atoms. The first kappa shape index (κ1) is 27.3. The van der Waals surface area contributed by atoms with Gasteiger partial charge in [-0.25, -0.2) is 4.98 Å². The Morgan fingerprint density at radius 2 is 2.00 bits per heavy atom. The number of benzene rings is 1. The minimum Gasteiger partial charge on any atom is -0.337 e. The molecule has 202 valence electrons. The molecular formula is C27H31F3N6O2. The molecule has 0 saturated carbocycles. The standard InChI is InChI=1S/C27H31F3N6O2/c1-18-8-6-10-22-24(18)36(21-9-4-5-13-35(17-21)23(37)11-7-12-34(2)3)26(32-22)33-25(38)19-14-20(16-31-15-19)27(28,29)30/h6-8,10-11,14-16,21H,4-5,9,12-13,17H2,1-3H3,(H,32,33,38)/b11-7+/t21-/m1/s1. The van der Waals surface area contributed by atoms with E-state index < -0.39 is 17.6 Å².